The first kappa shape index (κ1) is 13.1. The number of alkyl halides is 2. The molecule has 0 aromatic heterocycles. The third-order valence-corrected chi connectivity index (χ3v) is 2.78. The summed E-state index contributed by atoms with van der Waals surface area (Å²) in [7, 11) is 0. The largest absolute Gasteiger partial charge is 0.352 e. The molecule has 0 saturated heterocycles. The van der Waals surface area contributed by atoms with Crippen LogP contribution in [-0.4, -0.2) is 24.9 Å². The van der Waals surface area contributed by atoms with Crippen molar-refractivity contribution in [1.82, 2.24) is 5.32 Å². The first-order chi connectivity index (χ1) is 7.55. The number of carbonyl (C=O) groups excluding carboxylic acids is 1. The van der Waals surface area contributed by atoms with Crippen LogP contribution in [0.1, 0.15) is 25.7 Å². The minimum Gasteiger partial charge on any atom is -0.352 e. The van der Waals surface area contributed by atoms with E-state index in [4.69, 9.17) is 5.73 Å². The molecule has 1 aliphatic carbocycles. The van der Waals surface area contributed by atoms with Crippen molar-refractivity contribution in [3.05, 3.63) is 12.2 Å². The van der Waals surface area contributed by atoms with E-state index in [0.29, 0.717) is 13.1 Å². The van der Waals surface area contributed by atoms with Gasteiger partial charge in [-0.15, -0.1) is 0 Å². The molecule has 3 nitrogen and oxygen atoms in total. The molecule has 5 heteroatoms. The molecule has 16 heavy (non-hydrogen) atoms. The van der Waals surface area contributed by atoms with Crippen LogP contribution in [0.5, 0.6) is 0 Å². The fourth-order valence-electron chi connectivity index (χ4n) is 1.79. The lowest BCUT2D eigenvalue weighted by atomic mass is 9.86. The van der Waals surface area contributed by atoms with Crippen LogP contribution in [0.25, 0.3) is 0 Å². The third kappa shape index (κ3) is 4.26. The smallest absolute Gasteiger partial charge is 0.248 e. The van der Waals surface area contributed by atoms with Crippen LogP contribution in [0.3, 0.4) is 0 Å². The Labute approximate surface area is 94.1 Å². The first-order valence-electron chi connectivity index (χ1n) is 5.56. The summed E-state index contributed by atoms with van der Waals surface area (Å²) >= 11 is 0. The van der Waals surface area contributed by atoms with Crippen LogP contribution in [0.15, 0.2) is 12.2 Å². The number of halogens is 2. The highest BCUT2D eigenvalue weighted by Crippen LogP contribution is 2.36. The zero-order valence-corrected chi connectivity index (χ0v) is 9.22. The average Bonchev–Trinajstić information content (AvgIpc) is 2.24. The number of amides is 1. The molecule has 3 N–H and O–H groups in total. The van der Waals surface area contributed by atoms with Crippen LogP contribution < -0.4 is 11.1 Å². The Kier molecular flexibility index (Phi) is 4.86. The second kappa shape index (κ2) is 5.94. The van der Waals surface area contributed by atoms with E-state index < -0.39 is 5.92 Å². The van der Waals surface area contributed by atoms with Gasteiger partial charge in [0.1, 0.15) is 0 Å². The van der Waals surface area contributed by atoms with Crippen LogP contribution >= 0.6 is 0 Å². The lowest BCUT2D eigenvalue weighted by Gasteiger charge is -2.27. The van der Waals surface area contributed by atoms with Crippen molar-refractivity contribution in [2.75, 3.05) is 13.1 Å². The fraction of sp³-hybridized carbons (Fsp3) is 0.727. The standard InChI is InChI=1S/C11H18F2N2O/c12-11(13)5-3-9(4-6-11)10(16)15-8-2-1-7-14/h1-2,9H,3-8,14H2,(H,15,16)/b2-1+. The Morgan fingerprint density at radius 3 is 2.56 bits per heavy atom. The number of nitrogens with one attached hydrogen (secondary N) is 1. The summed E-state index contributed by atoms with van der Waals surface area (Å²) in [6.07, 6.45) is 3.71. The molecule has 1 saturated carbocycles. The number of carbonyl (C=O) groups is 1. The van der Waals surface area contributed by atoms with Crippen molar-refractivity contribution in [3.8, 4) is 0 Å². The van der Waals surface area contributed by atoms with E-state index in [9.17, 15) is 13.6 Å². The van der Waals surface area contributed by atoms with Gasteiger partial charge in [-0.25, -0.2) is 8.78 Å². The highest BCUT2D eigenvalue weighted by molar-refractivity contribution is 5.78. The van der Waals surface area contributed by atoms with Crippen LogP contribution in [0, 0.1) is 5.92 Å². The zero-order chi connectivity index (χ0) is 12.0. The normalized spacial score (nSPS) is 21.2. The van der Waals surface area contributed by atoms with Crippen molar-refractivity contribution in [2.45, 2.75) is 31.6 Å². The van der Waals surface area contributed by atoms with Gasteiger partial charge in [0, 0.05) is 31.8 Å². The van der Waals surface area contributed by atoms with Gasteiger partial charge >= 0.3 is 0 Å². The van der Waals surface area contributed by atoms with Gasteiger partial charge in [-0.1, -0.05) is 12.2 Å². The fourth-order valence-corrected chi connectivity index (χ4v) is 1.79. The summed E-state index contributed by atoms with van der Waals surface area (Å²) in [5.74, 6) is -2.96. The Morgan fingerprint density at radius 2 is 2.00 bits per heavy atom. The Bertz CT molecular complexity index is 257. The van der Waals surface area contributed by atoms with Crippen molar-refractivity contribution in [3.63, 3.8) is 0 Å². The number of rotatable bonds is 4. The van der Waals surface area contributed by atoms with Gasteiger partial charge in [-0.2, -0.15) is 0 Å². The Balaban J connectivity index is 2.25. The second-order valence-corrected chi connectivity index (χ2v) is 4.08. The third-order valence-electron chi connectivity index (χ3n) is 2.78. The zero-order valence-electron chi connectivity index (χ0n) is 9.22. The average molecular weight is 232 g/mol. The molecular weight excluding hydrogens is 214 g/mol. The van der Waals surface area contributed by atoms with Crippen molar-refractivity contribution >= 4 is 5.91 Å². The van der Waals surface area contributed by atoms with Crippen molar-refractivity contribution < 1.29 is 13.6 Å². The predicted octanol–water partition coefficient (Wildman–Crippen LogP) is 1.44. The molecule has 0 aromatic carbocycles. The van der Waals surface area contributed by atoms with E-state index in [-0.39, 0.29) is 37.5 Å². The molecule has 0 aromatic rings. The summed E-state index contributed by atoms with van der Waals surface area (Å²) in [6.45, 7) is 0.856. The van der Waals surface area contributed by atoms with Gasteiger partial charge in [0.25, 0.3) is 0 Å². The maximum Gasteiger partial charge on any atom is 0.248 e. The van der Waals surface area contributed by atoms with Gasteiger partial charge in [0.2, 0.25) is 11.8 Å². The molecule has 0 aliphatic heterocycles. The molecule has 1 aliphatic rings. The minimum atomic E-state index is -2.57. The van der Waals surface area contributed by atoms with Crippen molar-refractivity contribution in [2.24, 2.45) is 11.7 Å². The van der Waals surface area contributed by atoms with E-state index in [1.54, 1.807) is 12.2 Å². The first-order valence-corrected chi connectivity index (χ1v) is 5.56. The monoisotopic (exact) mass is 232 g/mol. The van der Waals surface area contributed by atoms with Crippen molar-refractivity contribution in [1.29, 1.82) is 0 Å². The lowest BCUT2D eigenvalue weighted by Crippen LogP contribution is -2.36. The van der Waals surface area contributed by atoms with Gasteiger partial charge < -0.3 is 11.1 Å². The topological polar surface area (TPSA) is 55.1 Å². The number of hydrogen-bond donors (Lipinski definition) is 2. The van der Waals surface area contributed by atoms with Gasteiger partial charge in [0.15, 0.2) is 0 Å². The molecule has 0 radical (unpaired) electrons. The number of hydrogen-bond acceptors (Lipinski definition) is 2. The lowest BCUT2D eigenvalue weighted by molar-refractivity contribution is -0.128. The summed E-state index contributed by atoms with van der Waals surface area (Å²) in [6, 6.07) is 0. The molecular formula is C11H18F2N2O. The quantitative estimate of drug-likeness (QED) is 0.721. The molecule has 1 amide bonds. The molecule has 0 bridgehead atoms. The van der Waals surface area contributed by atoms with Gasteiger partial charge in [-0.05, 0) is 12.8 Å². The van der Waals surface area contributed by atoms with Crippen LogP contribution in [0.4, 0.5) is 8.78 Å². The molecule has 0 spiro atoms. The summed E-state index contributed by atoms with van der Waals surface area (Å²) in [4.78, 5) is 11.6. The summed E-state index contributed by atoms with van der Waals surface area (Å²) in [5, 5.41) is 2.69. The van der Waals surface area contributed by atoms with E-state index in [1.807, 2.05) is 0 Å². The Hall–Kier alpha value is -0.970. The van der Waals surface area contributed by atoms with E-state index in [2.05, 4.69) is 5.32 Å². The molecule has 0 unspecified atom stereocenters. The highest BCUT2D eigenvalue weighted by Gasteiger charge is 2.37. The van der Waals surface area contributed by atoms with Gasteiger partial charge in [-0.3, -0.25) is 4.79 Å². The number of nitrogens with two attached hydrogens (primary N) is 1. The SMILES string of the molecule is NC/C=C/CNC(=O)C1CCC(F)(F)CC1. The maximum absolute atomic E-state index is 12.8. The van der Waals surface area contributed by atoms with E-state index in [0.717, 1.165) is 0 Å². The Morgan fingerprint density at radius 1 is 1.38 bits per heavy atom. The molecule has 1 rings (SSSR count). The van der Waals surface area contributed by atoms with Gasteiger partial charge in [0.05, 0.1) is 0 Å². The molecule has 92 valence electrons. The predicted molar refractivity (Wildman–Crippen MR) is 58.1 cm³/mol. The van der Waals surface area contributed by atoms with Crippen LogP contribution in [-0.2, 0) is 4.79 Å². The van der Waals surface area contributed by atoms with Crippen LogP contribution in [0.2, 0.25) is 0 Å². The van der Waals surface area contributed by atoms with E-state index in [1.165, 1.54) is 0 Å². The maximum atomic E-state index is 12.8. The highest BCUT2D eigenvalue weighted by atomic mass is 19.3. The molecule has 0 heterocycles. The summed E-state index contributed by atoms with van der Waals surface area (Å²) in [5.41, 5.74) is 5.24. The molecule has 0 atom stereocenters. The minimum absolute atomic E-state index is 0.128. The second-order valence-electron chi connectivity index (χ2n) is 4.08. The molecule has 1 fully saturated rings. The van der Waals surface area contributed by atoms with E-state index >= 15 is 0 Å². The summed E-state index contributed by atoms with van der Waals surface area (Å²) < 4.78 is 25.7.